The van der Waals surface area contributed by atoms with Gasteiger partial charge < -0.3 is 5.32 Å². The van der Waals surface area contributed by atoms with E-state index in [1.54, 1.807) is 12.1 Å². The summed E-state index contributed by atoms with van der Waals surface area (Å²) in [4.78, 5) is 4.17. The van der Waals surface area contributed by atoms with Gasteiger partial charge in [0.15, 0.2) is 0 Å². The fraction of sp³-hybridized carbons (Fsp3) is 0.273. The number of anilines is 1. The topological polar surface area (TPSA) is 37.8 Å². The number of rotatable bonds is 3. The van der Waals surface area contributed by atoms with Crippen molar-refractivity contribution in [3.05, 3.63) is 40.4 Å². The summed E-state index contributed by atoms with van der Waals surface area (Å²) in [6.07, 6.45) is 0. The molecule has 0 radical (unpaired) electrons. The summed E-state index contributed by atoms with van der Waals surface area (Å²) in [5.74, 6) is 0.378. The summed E-state index contributed by atoms with van der Waals surface area (Å²) in [7, 11) is 0. The molecule has 6 heteroatoms. The Morgan fingerprint density at radius 2 is 2.24 bits per heavy atom. The van der Waals surface area contributed by atoms with Crippen LogP contribution in [0.5, 0.6) is 0 Å². The number of aromatic nitrogens is 2. The van der Waals surface area contributed by atoms with Crippen molar-refractivity contribution in [3.63, 3.8) is 0 Å². The Morgan fingerprint density at radius 3 is 2.82 bits per heavy atom. The molecule has 0 aliphatic carbocycles. The zero-order valence-electron chi connectivity index (χ0n) is 9.37. The van der Waals surface area contributed by atoms with Gasteiger partial charge in [-0.1, -0.05) is 17.7 Å². The minimum Gasteiger partial charge on any atom is -0.354 e. The summed E-state index contributed by atoms with van der Waals surface area (Å²) in [6, 6.07) is 4.40. The van der Waals surface area contributed by atoms with E-state index in [-0.39, 0.29) is 11.9 Å². The van der Waals surface area contributed by atoms with E-state index < -0.39 is 0 Å². The average molecular weight is 272 g/mol. The smallest absolute Gasteiger partial charge is 0.203 e. The Balaban J connectivity index is 2.22. The summed E-state index contributed by atoms with van der Waals surface area (Å²) in [6.45, 7) is 3.64. The zero-order chi connectivity index (χ0) is 12.4. The molecule has 0 saturated heterocycles. The number of nitrogens with one attached hydrogen (secondary N) is 1. The van der Waals surface area contributed by atoms with Gasteiger partial charge in [-0.3, -0.25) is 0 Å². The molecular formula is C11H11ClFN3S. The highest BCUT2D eigenvalue weighted by molar-refractivity contribution is 7.09. The molecule has 0 fully saturated rings. The maximum absolute atomic E-state index is 13.7. The van der Waals surface area contributed by atoms with E-state index in [9.17, 15) is 4.39 Å². The molecule has 0 amide bonds. The van der Waals surface area contributed by atoms with Crippen molar-refractivity contribution in [2.75, 3.05) is 5.32 Å². The molecular weight excluding hydrogens is 261 g/mol. The molecule has 2 aromatic rings. The predicted molar refractivity (Wildman–Crippen MR) is 68.1 cm³/mol. The molecule has 17 heavy (non-hydrogen) atoms. The van der Waals surface area contributed by atoms with Crippen molar-refractivity contribution in [1.82, 2.24) is 9.36 Å². The van der Waals surface area contributed by atoms with E-state index in [2.05, 4.69) is 14.7 Å². The van der Waals surface area contributed by atoms with E-state index in [4.69, 9.17) is 11.6 Å². The van der Waals surface area contributed by atoms with Crippen molar-refractivity contribution in [2.45, 2.75) is 19.9 Å². The molecule has 0 spiro atoms. The van der Waals surface area contributed by atoms with Crippen LogP contribution in [-0.2, 0) is 0 Å². The van der Waals surface area contributed by atoms with Crippen LogP contribution < -0.4 is 5.32 Å². The van der Waals surface area contributed by atoms with E-state index in [1.165, 1.54) is 17.6 Å². The molecule has 0 aliphatic heterocycles. The van der Waals surface area contributed by atoms with Gasteiger partial charge in [-0.2, -0.15) is 4.37 Å². The number of aryl methyl sites for hydroxylation is 1. The lowest BCUT2D eigenvalue weighted by molar-refractivity contribution is 0.600. The van der Waals surface area contributed by atoms with Crippen molar-refractivity contribution in [1.29, 1.82) is 0 Å². The molecule has 1 atom stereocenters. The molecule has 1 N–H and O–H groups in total. The number of hydrogen-bond acceptors (Lipinski definition) is 4. The fourth-order valence-electron chi connectivity index (χ4n) is 1.54. The third-order valence-electron chi connectivity index (χ3n) is 2.30. The third-order valence-corrected chi connectivity index (χ3v) is 3.37. The van der Waals surface area contributed by atoms with E-state index >= 15 is 0 Å². The van der Waals surface area contributed by atoms with Crippen LogP contribution in [0, 0.1) is 12.7 Å². The SMILES string of the molecule is Cc1nsc(NC(C)c2c(F)cccc2Cl)n1. The number of benzene rings is 1. The first-order chi connectivity index (χ1) is 8.08. The molecule has 1 aromatic carbocycles. The summed E-state index contributed by atoms with van der Waals surface area (Å²) in [5.41, 5.74) is 0.446. The van der Waals surface area contributed by atoms with Crippen molar-refractivity contribution in [3.8, 4) is 0 Å². The van der Waals surface area contributed by atoms with Gasteiger partial charge in [0.1, 0.15) is 11.6 Å². The first kappa shape index (κ1) is 12.3. The van der Waals surface area contributed by atoms with E-state index in [0.717, 1.165) is 0 Å². The van der Waals surface area contributed by atoms with Crippen LogP contribution in [0.2, 0.25) is 5.02 Å². The Morgan fingerprint density at radius 1 is 1.47 bits per heavy atom. The molecule has 2 rings (SSSR count). The Kier molecular flexibility index (Phi) is 3.59. The Labute approximate surface area is 108 Å². The largest absolute Gasteiger partial charge is 0.354 e. The highest BCUT2D eigenvalue weighted by Gasteiger charge is 2.15. The molecule has 1 unspecified atom stereocenters. The fourth-order valence-corrected chi connectivity index (χ4v) is 2.53. The van der Waals surface area contributed by atoms with Gasteiger partial charge in [0.25, 0.3) is 0 Å². The third kappa shape index (κ3) is 2.73. The van der Waals surface area contributed by atoms with Gasteiger partial charge in [-0.15, -0.1) is 0 Å². The van der Waals surface area contributed by atoms with Gasteiger partial charge in [-0.05, 0) is 26.0 Å². The maximum Gasteiger partial charge on any atom is 0.203 e. The molecule has 90 valence electrons. The Bertz CT molecular complexity index is 509. The lowest BCUT2D eigenvalue weighted by Crippen LogP contribution is -2.09. The van der Waals surface area contributed by atoms with Gasteiger partial charge >= 0.3 is 0 Å². The number of halogens is 2. The van der Waals surface area contributed by atoms with Crippen LogP contribution in [0.1, 0.15) is 24.4 Å². The zero-order valence-corrected chi connectivity index (χ0v) is 10.9. The minimum atomic E-state index is -0.321. The van der Waals surface area contributed by atoms with Crippen LogP contribution >= 0.6 is 23.1 Å². The van der Waals surface area contributed by atoms with Gasteiger partial charge in [0, 0.05) is 22.1 Å². The van der Waals surface area contributed by atoms with Gasteiger partial charge in [-0.25, -0.2) is 9.37 Å². The highest BCUT2D eigenvalue weighted by Crippen LogP contribution is 2.28. The van der Waals surface area contributed by atoms with Crippen LogP contribution in [0.3, 0.4) is 0 Å². The van der Waals surface area contributed by atoms with Gasteiger partial charge in [0.05, 0.1) is 6.04 Å². The maximum atomic E-state index is 13.7. The monoisotopic (exact) mass is 271 g/mol. The molecule has 1 aromatic heterocycles. The molecule has 0 saturated carbocycles. The first-order valence-electron chi connectivity index (χ1n) is 5.08. The molecule has 1 heterocycles. The van der Waals surface area contributed by atoms with Crippen LogP contribution in [-0.4, -0.2) is 9.36 Å². The lowest BCUT2D eigenvalue weighted by Gasteiger charge is -2.15. The van der Waals surface area contributed by atoms with Crippen molar-refractivity contribution in [2.24, 2.45) is 0 Å². The summed E-state index contributed by atoms with van der Waals surface area (Å²) < 4.78 is 17.7. The normalized spacial score (nSPS) is 12.5. The second kappa shape index (κ2) is 4.98. The average Bonchev–Trinajstić information content (AvgIpc) is 2.63. The summed E-state index contributed by atoms with van der Waals surface area (Å²) in [5, 5.41) is 4.15. The van der Waals surface area contributed by atoms with Gasteiger partial charge in [0.2, 0.25) is 5.13 Å². The van der Waals surface area contributed by atoms with Crippen LogP contribution in [0.25, 0.3) is 0 Å². The van der Waals surface area contributed by atoms with Crippen LogP contribution in [0.4, 0.5) is 9.52 Å². The molecule has 3 nitrogen and oxygen atoms in total. The van der Waals surface area contributed by atoms with Crippen molar-refractivity contribution >= 4 is 28.3 Å². The number of nitrogens with zero attached hydrogens (tertiary/aromatic N) is 2. The standard InChI is InChI=1S/C11H11ClFN3S/c1-6(14-11-15-7(2)16-17-11)10-8(12)4-3-5-9(10)13/h3-6H,1-2H3,(H,14,15,16). The minimum absolute atomic E-state index is 0.254. The number of hydrogen-bond donors (Lipinski definition) is 1. The summed E-state index contributed by atoms with van der Waals surface area (Å²) >= 11 is 7.23. The Hall–Kier alpha value is -1.20. The second-order valence-corrected chi connectivity index (χ2v) is 4.81. The molecule has 0 bridgehead atoms. The van der Waals surface area contributed by atoms with Crippen LogP contribution in [0.15, 0.2) is 18.2 Å². The second-order valence-electron chi connectivity index (χ2n) is 3.65. The molecule has 0 aliphatic rings. The highest BCUT2D eigenvalue weighted by atomic mass is 35.5. The van der Waals surface area contributed by atoms with Crippen molar-refractivity contribution < 1.29 is 4.39 Å². The van der Waals surface area contributed by atoms with E-state index in [1.807, 2.05) is 13.8 Å². The first-order valence-corrected chi connectivity index (χ1v) is 6.24. The quantitative estimate of drug-likeness (QED) is 0.922. The predicted octanol–water partition coefficient (Wildman–Crippen LogP) is 3.81. The van der Waals surface area contributed by atoms with E-state index in [0.29, 0.717) is 21.5 Å². The lowest BCUT2D eigenvalue weighted by atomic mass is 10.1.